The van der Waals surface area contributed by atoms with Crippen molar-refractivity contribution < 1.29 is 9.32 Å². The second-order valence-electron chi connectivity index (χ2n) is 6.68. The van der Waals surface area contributed by atoms with Crippen LogP contribution in [0.4, 0.5) is 5.69 Å². The molecule has 1 fully saturated rings. The van der Waals surface area contributed by atoms with Crippen LogP contribution in [0.25, 0.3) is 11.5 Å². The van der Waals surface area contributed by atoms with Gasteiger partial charge >= 0.3 is 0 Å². The number of amides is 1. The summed E-state index contributed by atoms with van der Waals surface area (Å²) in [7, 11) is 0. The van der Waals surface area contributed by atoms with Gasteiger partial charge in [0.25, 0.3) is 11.8 Å². The van der Waals surface area contributed by atoms with E-state index in [4.69, 9.17) is 4.52 Å². The summed E-state index contributed by atoms with van der Waals surface area (Å²) >= 11 is 0. The molecule has 2 aromatic carbocycles. The Morgan fingerprint density at radius 1 is 1.26 bits per heavy atom. The first-order valence-corrected chi connectivity index (χ1v) is 9.28. The number of nitrogens with zero attached hydrogens (tertiary/aromatic N) is 2. The zero-order valence-electron chi connectivity index (χ0n) is 15.2. The maximum atomic E-state index is 12.9. The van der Waals surface area contributed by atoms with E-state index in [0.717, 1.165) is 36.2 Å². The quantitative estimate of drug-likeness (QED) is 0.724. The molecule has 27 heavy (non-hydrogen) atoms. The van der Waals surface area contributed by atoms with Crippen molar-refractivity contribution in [2.45, 2.75) is 25.7 Å². The summed E-state index contributed by atoms with van der Waals surface area (Å²) < 4.78 is 5.29. The van der Waals surface area contributed by atoms with Gasteiger partial charge < -0.3 is 15.2 Å². The summed E-state index contributed by atoms with van der Waals surface area (Å²) in [5.41, 5.74) is 3.31. The average molecular weight is 362 g/mol. The lowest BCUT2D eigenvalue weighted by atomic mass is 9.93. The number of rotatable bonds is 5. The van der Waals surface area contributed by atoms with E-state index in [1.807, 2.05) is 55.5 Å². The first-order chi connectivity index (χ1) is 13.2. The molecule has 2 heterocycles. The van der Waals surface area contributed by atoms with Gasteiger partial charge in [-0.15, -0.1) is 0 Å². The Morgan fingerprint density at radius 2 is 2.15 bits per heavy atom. The van der Waals surface area contributed by atoms with Crippen molar-refractivity contribution in [1.82, 2.24) is 15.5 Å². The van der Waals surface area contributed by atoms with E-state index in [2.05, 4.69) is 20.8 Å². The Kier molecular flexibility index (Phi) is 4.98. The van der Waals surface area contributed by atoms with Gasteiger partial charge in [-0.1, -0.05) is 36.3 Å². The van der Waals surface area contributed by atoms with Crippen LogP contribution < -0.4 is 10.6 Å². The van der Waals surface area contributed by atoms with Gasteiger partial charge in [0.1, 0.15) is 0 Å². The van der Waals surface area contributed by atoms with Crippen LogP contribution in [0.15, 0.2) is 53.1 Å². The Hall–Kier alpha value is -2.99. The molecule has 4 rings (SSSR count). The zero-order valence-corrected chi connectivity index (χ0v) is 15.2. The fraction of sp³-hybridized carbons (Fsp3) is 0.286. The standard InChI is InChI=1S/C21H22N4O2/c1-2-19-24-21(27-25-19)14-6-5-7-16(12-14)23-20(26)18-9-4-3-8-17(18)15-10-11-22-13-15/h3-9,12,15,22H,2,10-11,13H2,1H3,(H,23,26). The van der Waals surface area contributed by atoms with Gasteiger partial charge in [-0.2, -0.15) is 4.98 Å². The van der Waals surface area contributed by atoms with E-state index in [-0.39, 0.29) is 5.91 Å². The summed E-state index contributed by atoms with van der Waals surface area (Å²) in [5.74, 6) is 1.40. The van der Waals surface area contributed by atoms with E-state index >= 15 is 0 Å². The fourth-order valence-electron chi connectivity index (χ4n) is 3.42. The first kappa shape index (κ1) is 17.4. The number of aromatic nitrogens is 2. The molecule has 0 radical (unpaired) electrons. The van der Waals surface area contributed by atoms with Gasteiger partial charge in [-0.05, 0) is 48.7 Å². The predicted octanol–water partition coefficient (Wildman–Crippen LogP) is 3.63. The van der Waals surface area contributed by atoms with Crippen molar-refractivity contribution in [3.05, 3.63) is 65.5 Å². The van der Waals surface area contributed by atoms with Crippen LogP contribution in [-0.2, 0) is 6.42 Å². The highest BCUT2D eigenvalue weighted by atomic mass is 16.5. The molecule has 3 aromatic rings. The van der Waals surface area contributed by atoms with Gasteiger partial charge in [-0.3, -0.25) is 4.79 Å². The van der Waals surface area contributed by atoms with Gasteiger partial charge in [0.2, 0.25) is 0 Å². The van der Waals surface area contributed by atoms with E-state index < -0.39 is 0 Å². The number of aryl methyl sites for hydroxylation is 1. The summed E-state index contributed by atoms with van der Waals surface area (Å²) in [5, 5.41) is 10.3. The van der Waals surface area contributed by atoms with Gasteiger partial charge in [-0.25, -0.2) is 0 Å². The van der Waals surface area contributed by atoms with Gasteiger partial charge in [0, 0.05) is 29.8 Å². The fourth-order valence-corrected chi connectivity index (χ4v) is 3.42. The molecule has 0 bridgehead atoms. The molecule has 0 saturated carbocycles. The van der Waals surface area contributed by atoms with Crippen LogP contribution in [-0.4, -0.2) is 29.1 Å². The van der Waals surface area contributed by atoms with Crippen molar-refractivity contribution in [2.75, 3.05) is 18.4 Å². The van der Waals surface area contributed by atoms with Crippen molar-refractivity contribution in [2.24, 2.45) is 0 Å². The molecule has 138 valence electrons. The third-order valence-electron chi connectivity index (χ3n) is 4.86. The van der Waals surface area contributed by atoms with Crippen LogP contribution in [0.1, 0.15) is 41.0 Å². The van der Waals surface area contributed by atoms with E-state index in [1.165, 1.54) is 0 Å². The lowest BCUT2D eigenvalue weighted by molar-refractivity contribution is 0.102. The van der Waals surface area contributed by atoms with E-state index in [1.54, 1.807) is 0 Å². The monoisotopic (exact) mass is 362 g/mol. The van der Waals surface area contributed by atoms with Crippen LogP contribution in [0.2, 0.25) is 0 Å². The SMILES string of the molecule is CCc1noc(-c2cccc(NC(=O)c3ccccc3C3CCNC3)c2)n1. The number of hydrogen-bond donors (Lipinski definition) is 2. The minimum atomic E-state index is -0.102. The lowest BCUT2D eigenvalue weighted by Crippen LogP contribution is -2.17. The normalized spacial score (nSPS) is 16.4. The summed E-state index contributed by atoms with van der Waals surface area (Å²) in [6, 6.07) is 15.3. The molecule has 1 amide bonds. The minimum absolute atomic E-state index is 0.102. The second-order valence-corrected chi connectivity index (χ2v) is 6.68. The maximum absolute atomic E-state index is 12.9. The number of anilines is 1. The van der Waals surface area contributed by atoms with Crippen molar-refractivity contribution in [3.63, 3.8) is 0 Å². The van der Waals surface area contributed by atoms with E-state index in [9.17, 15) is 4.79 Å². The molecule has 6 heteroatoms. The minimum Gasteiger partial charge on any atom is -0.334 e. The van der Waals surface area contributed by atoms with Crippen molar-refractivity contribution in [3.8, 4) is 11.5 Å². The summed E-state index contributed by atoms with van der Waals surface area (Å²) in [6.45, 7) is 3.88. The predicted molar refractivity (Wildman–Crippen MR) is 104 cm³/mol. The van der Waals surface area contributed by atoms with Crippen molar-refractivity contribution in [1.29, 1.82) is 0 Å². The number of carbonyl (C=O) groups is 1. The molecule has 6 nitrogen and oxygen atoms in total. The highest BCUT2D eigenvalue weighted by Crippen LogP contribution is 2.27. The number of benzene rings is 2. The highest BCUT2D eigenvalue weighted by Gasteiger charge is 2.22. The topological polar surface area (TPSA) is 80.0 Å². The lowest BCUT2D eigenvalue weighted by Gasteiger charge is -2.14. The van der Waals surface area contributed by atoms with Crippen LogP contribution in [0, 0.1) is 0 Å². The Labute approximate surface area is 158 Å². The molecule has 1 unspecified atom stereocenters. The summed E-state index contributed by atoms with van der Waals surface area (Å²) in [4.78, 5) is 17.3. The first-order valence-electron chi connectivity index (χ1n) is 9.28. The smallest absolute Gasteiger partial charge is 0.257 e. The summed E-state index contributed by atoms with van der Waals surface area (Å²) in [6.07, 6.45) is 1.77. The third-order valence-corrected chi connectivity index (χ3v) is 4.86. The van der Waals surface area contributed by atoms with Crippen LogP contribution in [0.3, 0.4) is 0 Å². The van der Waals surface area contributed by atoms with Crippen molar-refractivity contribution >= 4 is 11.6 Å². The zero-order chi connectivity index (χ0) is 18.6. The molecule has 1 saturated heterocycles. The number of nitrogens with one attached hydrogen (secondary N) is 2. The molecule has 0 aliphatic carbocycles. The third kappa shape index (κ3) is 3.75. The Bertz CT molecular complexity index is 945. The molecular formula is C21H22N4O2. The highest BCUT2D eigenvalue weighted by molar-refractivity contribution is 6.05. The largest absolute Gasteiger partial charge is 0.334 e. The Morgan fingerprint density at radius 3 is 2.93 bits per heavy atom. The second kappa shape index (κ2) is 7.72. The molecule has 1 aliphatic rings. The maximum Gasteiger partial charge on any atom is 0.257 e. The molecular weight excluding hydrogens is 340 g/mol. The average Bonchev–Trinajstić information content (AvgIpc) is 3.40. The van der Waals surface area contributed by atoms with Crippen LogP contribution in [0.5, 0.6) is 0 Å². The molecule has 2 N–H and O–H groups in total. The Balaban J connectivity index is 1.56. The van der Waals surface area contributed by atoms with Gasteiger partial charge in [0.05, 0.1) is 0 Å². The van der Waals surface area contributed by atoms with Gasteiger partial charge in [0.15, 0.2) is 5.82 Å². The molecule has 1 atom stereocenters. The number of carbonyl (C=O) groups excluding carboxylic acids is 1. The van der Waals surface area contributed by atoms with E-state index in [0.29, 0.717) is 29.7 Å². The number of hydrogen-bond acceptors (Lipinski definition) is 5. The molecule has 1 aliphatic heterocycles. The molecule has 0 spiro atoms. The molecule has 1 aromatic heterocycles. The van der Waals surface area contributed by atoms with Crippen LogP contribution >= 0.6 is 0 Å².